The first-order valence-corrected chi connectivity index (χ1v) is 19.4. The first kappa shape index (κ1) is 38.9. The molecule has 0 spiro atoms. The van der Waals surface area contributed by atoms with Gasteiger partial charge in [0.25, 0.3) is 0 Å². The molecule has 55 heavy (non-hydrogen) atoms. The molecule has 1 aliphatic heterocycles. The topological polar surface area (TPSA) is 164 Å². The van der Waals surface area contributed by atoms with Crippen LogP contribution in [0.15, 0.2) is 29.7 Å². The van der Waals surface area contributed by atoms with Gasteiger partial charge in [-0.05, 0) is 61.8 Å². The van der Waals surface area contributed by atoms with Crippen LogP contribution in [-0.4, -0.2) is 77.1 Å². The van der Waals surface area contributed by atoms with Crippen molar-refractivity contribution in [2.45, 2.75) is 103 Å². The molecular formula is C41H51F2N3O9. The number of carbonyl (C=O) groups excluding carboxylic acids is 3. The fourth-order valence-corrected chi connectivity index (χ4v) is 11.0. The molecule has 2 bridgehead atoms. The predicted molar refractivity (Wildman–Crippen MR) is 198 cm³/mol. The number of aliphatic hydroxyl groups is 1. The molecule has 3 N–H and O–H groups in total. The van der Waals surface area contributed by atoms with Gasteiger partial charge in [-0.2, -0.15) is 0 Å². The van der Waals surface area contributed by atoms with Gasteiger partial charge in [0, 0.05) is 54.8 Å². The summed E-state index contributed by atoms with van der Waals surface area (Å²) in [6.45, 7) is 12.4. The monoisotopic (exact) mass is 767 g/mol. The standard InChI is InChI=1S/C41H51F2N3O9/c1-7-39(4)18-29(40(5)20(2)8-12-41(21(3)35(39)49)13-9-28(47)34(40)41)55-38(53)44-36(50)22-10-14-45(15-11-22)31-26(43)16-23-30(33(31)54-6)46(27-17-25(27)42)19-24(32(23)48)37(51)52/h7,16,19-22,25,27,29,34-35,49H,1,8-15,17-18H2,2-6H3,(H,51,52)(H,44,50,53)/t20-,21+,25+,27-,29-,34?,35+,39-,40+,41?/m1/s1. The number of imide groups is 1. The van der Waals surface area contributed by atoms with Crippen LogP contribution >= 0.6 is 0 Å². The zero-order chi connectivity index (χ0) is 39.9. The number of ether oxygens (including phenoxy) is 2. The van der Waals surface area contributed by atoms with E-state index in [9.17, 15) is 38.6 Å². The van der Waals surface area contributed by atoms with Gasteiger partial charge in [0.2, 0.25) is 11.3 Å². The van der Waals surface area contributed by atoms with E-state index in [2.05, 4.69) is 18.8 Å². The molecule has 1 saturated heterocycles. The van der Waals surface area contributed by atoms with E-state index in [1.54, 1.807) is 11.0 Å². The molecule has 2 heterocycles. The molecule has 2 unspecified atom stereocenters. The number of carbonyl (C=O) groups is 4. The number of Topliss-reactive ketones (excluding diaryl/α,β-unsaturated/α-hetero) is 1. The zero-order valence-electron chi connectivity index (χ0n) is 32.0. The maximum Gasteiger partial charge on any atom is 0.414 e. The number of nitrogens with zero attached hydrogens (tertiary/aromatic N) is 2. The summed E-state index contributed by atoms with van der Waals surface area (Å²) in [5.41, 5.74) is -3.46. The molecule has 12 nitrogen and oxygen atoms in total. The lowest BCUT2D eigenvalue weighted by Gasteiger charge is -2.61. The average molecular weight is 768 g/mol. The van der Waals surface area contributed by atoms with Gasteiger partial charge in [-0.25, -0.2) is 18.4 Å². The summed E-state index contributed by atoms with van der Waals surface area (Å²) < 4.78 is 43.4. The third-order valence-corrected chi connectivity index (χ3v) is 14.6. The summed E-state index contributed by atoms with van der Waals surface area (Å²) in [6, 6.07) is 0.209. The molecule has 1 aromatic carbocycles. The van der Waals surface area contributed by atoms with Crippen molar-refractivity contribution < 1.29 is 47.6 Å². The minimum Gasteiger partial charge on any atom is -0.492 e. The van der Waals surface area contributed by atoms with Gasteiger partial charge < -0.3 is 29.2 Å². The van der Waals surface area contributed by atoms with Crippen molar-refractivity contribution in [2.75, 3.05) is 25.1 Å². The molecule has 7 rings (SSSR count). The van der Waals surface area contributed by atoms with Gasteiger partial charge in [0.1, 0.15) is 29.3 Å². The molecule has 5 fully saturated rings. The minimum absolute atomic E-state index is 0.000937. The number of carboxylic acids is 1. The number of nitrogens with one attached hydrogen (secondary N) is 1. The third kappa shape index (κ3) is 5.96. The largest absolute Gasteiger partial charge is 0.492 e. The van der Waals surface area contributed by atoms with Crippen molar-refractivity contribution in [3.63, 3.8) is 0 Å². The van der Waals surface area contributed by atoms with Crippen molar-refractivity contribution in [3.8, 4) is 5.75 Å². The van der Waals surface area contributed by atoms with E-state index in [4.69, 9.17) is 9.47 Å². The molecule has 14 heteroatoms. The summed E-state index contributed by atoms with van der Waals surface area (Å²) >= 11 is 0. The second-order valence-corrected chi connectivity index (χ2v) is 17.3. The van der Waals surface area contributed by atoms with Crippen LogP contribution in [0.3, 0.4) is 0 Å². The summed E-state index contributed by atoms with van der Waals surface area (Å²) in [6.07, 6.45) is 2.38. The average Bonchev–Trinajstić information content (AvgIpc) is 3.78. The molecule has 2 amide bonds. The van der Waals surface area contributed by atoms with Crippen molar-refractivity contribution in [1.82, 2.24) is 9.88 Å². The number of aromatic carboxylic acids is 1. The first-order chi connectivity index (χ1) is 25.9. The first-order valence-electron chi connectivity index (χ1n) is 19.4. The van der Waals surface area contributed by atoms with E-state index in [0.717, 1.165) is 25.1 Å². The van der Waals surface area contributed by atoms with Gasteiger partial charge in [-0.15, -0.1) is 6.58 Å². The number of pyridine rings is 1. The smallest absolute Gasteiger partial charge is 0.414 e. The predicted octanol–water partition coefficient (Wildman–Crippen LogP) is 5.96. The number of hydrogen-bond acceptors (Lipinski definition) is 9. The van der Waals surface area contributed by atoms with E-state index in [0.29, 0.717) is 12.8 Å². The van der Waals surface area contributed by atoms with E-state index >= 15 is 4.39 Å². The van der Waals surface area contributed by atoms with Crippen LogP contribution in [0.4, 0.5) is 19.3 Å². The Balaban J connectivity index is 1.10. The van der Waals surface area contributed by atoms with Gasteiger partial charge in [0.15, 0.2) is 11.6 Å². The maximum absolute atomic E-state index is 15.9. The number of rotatable bonds is 7. The third-order valence-electron chi connectivity index (χ3n) is 14.6. The normalized spacial score (nSPS) is 36.0. The second-order valence-electron chi connectivity index (χ2n) is 17.3. The molecule has 5 aliphatic rings. The maximum atomic E-state index is 15.9. The number of alkyl carbamates (subject to hydrolysis) is 1. The van der Waals surface area contributed by atoms with E-state index in [-0.39, 0.29) is 78.7 Å². The summed E-state index contributed by atoms with van der Waals surface area (Å²) in [5, 5.41) is 23.6. The van der Waals surface area contributed by atoms with E-state index in [1.165, 1.54) is 11.7 Å². The number of piperidine rings is 1. The Morgan fingerprint density at radius 1 is 1.11 bits per heavy atom. The Morgan fingerprint density at radius 2 is 1.78 bits per heavy atom. The highest BCUT2D eigenvalue weighted by molar-refractivity contribution is 5.97. The van der Waals surface area contributed by atoms with Crippen LogP contribution in [0.1, 0.15) is 95.5 Å². The number of ketones is 1. The number of hydrogen-bond donors (Lipinski definition) is 3. The van der Waals surface area contributed by atoms with Crippen molar-refractivity contribution >= 4 is 40.3 Å². The summed E-state index contributed by atoms with van der Waals surface area (Å²) in [5.74, 6) is -4.05. The number of carboxylic acid groups (broad SMARTS) is 1. The minimum atomic E-state index is -1.51. The lowest BCUT2D eigenvalue weighted by molar-refractivity contribution is -0.191. The highest BCUT2D eigenvalue weighted by Gasteiger charge is 2.68. The zero-order valence-corrected chi connectivity index (χ0v) is 32.0. The Kier molecular flexibility index (Phi) is 9.70. The van der Waals surface area contributed by atoms with Crippen LogP contribution in [-0.2, 0) is 14.3 Å². The lowest BCUT2D eigenvalue weighted by Crippen LogP contribution is -2.63. The van der Waals surface area contributed by atoms with Crippen LogP contribution in [0.25, 0.3) is 10.9 Å². The summed E-state index contributed by atoms with van der Waals surface area (Å²) in [4.78, 5) is 67.5. The Hall–Kier alpha value is -4.33. The number of aliphatic hydroxyl groups excluding tert-OH is 1. The highest BCUT2D eigenvalue weighted by atomic mass is 19.1. The Morgan fingerprint density at radius 3 is 2.38 bits per heavy atom. The van der Waals surface area contributed by atoms with E-state index < -0.39 is 87.3 Å². The SMILES string of the molecule is C=C[C@]1(C)C[C@@H](OC(=O)NC(=O)C2CCN(c3c(F)cc4c(=O)c(C(=O)O)cn([C@@H]5C[C@@H]5F)c4c3OC)CC2)[C@@]2(C)C3C(=O)CCC3(CC[C@H]2C)[C@@H](C)[C@@H]1O. The second kappa shape index (κ2) is 13.7. The fourth-order valence-electron chi connectivity index (χ4n) is 11.0. The molecule has 1 aromatic heterocycles. The van der Waals surface area contributed by atoms with Crippen LogP contribution < -0.4 is 20.4 Å². The number of fused-ring (bicyclic) bond motifs is 1. The van der Waals surface area contributed by atoms with Crippen molar-refractivity contribution in [2.24, 2.45) is 39.9 Å². The number of alkyl halides is 1. The molecule has 4 aliphatic carbocycles. The van der Waals surface area contributed by atoms with Crippen LogP contribution in [0.2, 0.25) is 0 Å². The van der Waals surface area contributed by atoms with Gasteiger partial charge >= 0.3 is 12.1 Å². The quantitative estimate of drug-likeness (QED) is 0.287. The molecular weight excluding hydrogens is 716 g/mol. The lowest BCUT2D eigenvalue weighted by atomic mass is 9.44. The number of methoxy groups -OCH3 is 1. The number of halogens is 2. The van der Waals surface area contributed by atoms with Crippen LogP contribution in [0, 0.1) is 45.7 Å². The summed E-state index contributed by atoms with van der Waals surface area (Å²) in [7, 11) is 1.29. The van der Waals surface area contributed by atoms with Crippen molar-refractivity contribution in [3.05, 3.63) is 46.5 Å². The van der Waals surface area contributed by atoms with Gasteiger partial charge in [-0.3, -0.25) is 19.7 Å². The fraction of sp³-hybridized carbons (Fsp3) is 0.634. The molecule has 2 aromatic rings. The molecule has 10 atom stereocenters. The number of amides is 2. The van der Waals surface area contributed by atoms with Crippen molar-refractivity contribution in [1.29, 1.82) is 0 Å². The van der Waals surface area contributed by atoms with Gasteiger partial charge in [-0.1, -0.05) is 33.8 Å². The Labute approximate surface area is 318 Å². The molecule has 0 radical (unpaired) electrons. The number of aromatic nitrogens is 1. The van der Waals surface area contributed by atoms with Crippen LogP contribution in [0.5, 0.6) is 5.75 Å². The number of benzene rings is 1. The molecule has 4 saturated carbocycles. The highest BCUT2D eigenvalue weighted by Crippen LogP contribution is 2.68. The van der Waals surface area contributed by atoms with Gasteiger partial charge in [0.05, 0.1) is 30.2 Å². The van der Waals surface area contributed by atoms with E-state index in [1.807, 2.05) is 20.8 Å². The number of anilines is 1. The molecule has 298 valence electrons. The Bertz CT molecular complexity index is 2030.